The molecule has 0 aliphatic rings. The minimum Gasteiger partial charge on any atom is -0.488 e. The molecule has 0 bridgehead atoms. The molecule has 0 heterocycles. The summed E-state index contributed by atoms with van der Waals surface area (Å²) in [5.74, 6) is 1.89. The number of allylic oxidation sites excluding steroid dienone is 2. The summed E-state index contributed by atoms with van der Waals surface area (Å²) >= 11 is 0. The molecule has 0 fully saturated rings. The van der Waals surface area contributed by atoms with Crippen LogP contribution in [0.1, 0.15) is 38.8 Å². The maximum Gasteiger partial charge on any atom is 0.135 e. The van der Waals surface area contributed by atoms with Crippen LogP contribution in [0.15, 0.2) is 60.7 Å². The number of aryl methyl sites for hydroxylation is 2. The molecule has 0 N–H and O–H groups in total. The van der Waals surface area contributed by atoms with Gasteiger partial charge in [0.1, 0.15) is 24.7 Å². The fraction of sp³-hybridized carbons (Fsp3) is 0.308. The van der Waals surface area contributed by atoms with Crippen LogP contribution < -0.4 is 9.47 Å². The first-order valence-corrected chi connectivity index (χ1v) is 10.2. The van der Waals surface area contributed by atoms with Gasteiger partial charge in [-0.2, -0.15) is 0 Å². The SMILES string of the molecule is C/C=C/COc1c2ccc(CC)cc2c(OC/C=C/C)c2ccc(CC)cc12. The van der Waals surface area contributed by atoms with Crippen molar-refractivity contribution in [3.05, 3.63) is 71.8 Å². The monoisotopic (exact) mass is 374 g/mol. The molecule has 0 aliphatic heterocycles. The number of hydrogen-bond donors (Lipinski definition) is 0. The van der Waals surface area contributed by atoms with Crippen LogP contribution in [0, 0.1) is 0 Å². The van der Waals surface area contributed by atoms with Gasteiger partial charge < -0.3 is 9.47 Å². The van der Waals surface area contributed by atoms with E-state index in [1.165, 1.54) is 11.1 Å². The van der Waals surface area contributed by atoms with E-state index < -0.39 is 0 Å². The van der Waals surface area contributed by atoms with Gasteiger partial charge >= 0.3 is 0 Å². The molecule has 0 aromatic heterocycles. The molecule has 0 amide bonds. The molecule has 28 heavy (non-hydrogen) atoms. The average molecular weight is 375 g/mol. The molecular weight excluding hydrogens is 344 g/mol. The fourth-order valence-electron chi connectivity index (χ4n) is 3.45. The molecule has 0 aliphatic carbocycles. The lowest BCUT2D eigenvalue weighted by Gasteiger charge is -2.18. The van der Waals surface area contributed by atoms with Crippen molar-refractivity contribution in [2.75, 3.05) is 13.2 Å². The van der Waals surface area contributed by atoms with E-state index in [1.807, 2.05) is 38.2 Å². The zero-order chi connectivity index (χ0) is 19.9. The van der Waals surface area contributed by atoms with Crippen LogP contribution in [0.3, 0.4) is 0 Å². The van der Waals surface area contributed by atoms with E-state index in [0.717, 1.165) is 45.9 Å². The van der Waals surface area contributed by atoms with Gasteiger partial charge in [0, 0.05) is 21.5 Å². The van der Waals surface area contributed by atoms with Crippen LogP contribution in [0.2, 0.25) is 0 Å². The molecule has 0 radical (unpaired) electrons. The second kappa shape index (κ2) is 9.45. The van der Waals surface area contributed by atoms with Crippen molar-refractivity contribution in [2.24, 2.45) is 0 Å². The summed E-state index contributed by atoms with van der Waals surface area (Å²) in [5.41, 5.74) is 2.60. The van der Waals surface area contributed by atoms with E-state index in [4.69, 9.17) is 9.47 Å². The minimum absolute atomic E-state index is 0.561. The standard InChI is InChI=1S/C26H30O2/c1-5-9-15-27-25-21-13-11-20(8-4)18-24(21)26(28-16-10-6-2)22-14-12-19(7-3)17-23(22)25/h5-6,9-14,17-18H,7-8,15-16H2,1-4H3/b9-5+,10-6+. The molecule has 0 spiro atoms. The van der Waals surface area contributed by atoms with Crippen LogP contribution in [0.5, 0.6) is 11.5 Å². The van der Waals surface area contributed by atoms with Crippen molar-refractivity contribution in [1.82, 2.24) is 0 Å². The van der Waals surface area contributed by atoms with Crippen molar-refractivity contribution < 1.29 is 9.47 Å². The Morgan fingerprint density at radius 2 is 1.07 bits per heavy atom. The summed E-state index contributed by atoms with van der Waals surface area (Å²) in [6, 6.07) is 13.2. The van der Waals surface area contributed by atoms with Crippen molar-refractivity contribution in [3.63, 3.8) is 0 Å². The van der Waals surface area contributed by atoms with Gasteiger partial charge in [0.25, 0.3) is 0 Å². The Labute approximate surface area is 168 Å². The topological polar surface area (TPSA) is 18.5 Å². The third kappa shape index (κ3) is 4.06. The van der Waals surface area contributed by atoms with E-state index in [2.05, 4.69) is 50.2 Å². The fourth-order valence-corrected chi connectivity index (χ4v) is 3.45. The van der Waals surface area contributed by atoms with E-state index >= 15 is 0 Å². The molecular formula is C26H30O2. The van der Waals surface area contributed by atoms with Gasteiger partial charge in [-0.1, -0.05) is 62.4 Å². The molecule has 3 rings (SSSR count). The number of hydrogen-bond acceptors (Lipinski definition) is 2. The molecule has 2 heteroatoms. The van der Waals surface area contributed by atoms with Crippen LogP contribution in [-0.4, -0.2) is 13.2 Å². The highest BCUT2D eigenvalue weighted by Crippen LogP contribution is 2.43. The Hall–Kier alpha value is -2.74. The second-order valence-corrected chi connectivity index (χ2v) is 6.89. The second-order valence-electron chi connectivity index (χ2n) is 6.89. The number of rotatable bonds is 8. The largest absolute Gasteiger partial charge is 0.488 e. The first kappa shape index (κ1) is 20.0. The Kier molecular flexibility index (Phi) is 6.76. The summed E-state index contributed by atoms with van der Waals surface area (Å²) < 4.78 is 12.5. The van der Waals surface area contributed by atoms with E-state index in [-0.39, 0.29) is 0 Å². The van der Waals surface area contributed by atoms with Gasteiger partial charge in [0.2, 0.25) is 0 Å². The van der Waals surface area contributed by atoms with Crippen LogP contribution in [-0.2, 0) is 12.8 Å². The molecule has 3 aromatic carbocycles. The maximum absolute atomic E-state index is 6.27. The van der Waals surface area contributed by atoms with Crippen molar-refractivity contribution in [2.45, 2.75) is 40.5 Å². The maximum atomic E-state index is 6.27. The first-order valence-electron chi connectivity index (χ1n) is 10.2. The van der Waals surface area contributed by atoms with Crippen molar-refractivity contribution in [1.29, 1.82) is 0 Å². The third-order valence-corrected chi connectivity index (χ3v) is 5.08. The molecule has 0 atom stereocenters. The van der Waals surface area contributed by atoms with E-state index in [1.54, 1.807) is 0 Å². The number of benzene rings is 3. The Morgan fingerprint density at radius 1 is 0.643 bits per heavy atom. The highest BCUT2D eigenvalue weighted by molar-refractivity contribution is 6.11. The van der Waals surface area contributed by atoms with Crippen molar-refractivity contribution in [3.8, 4) is 11.5 Å². The van der Waals surface area contributed by atoms with Gasteiger partial charge in [0.05, 0.1) is 0 Å². The predicted octanol–water partition coefficient (Wildman–Crippen LogP) is 7.03. The normalized spacial score (nSPS) is 11.9. The lowest BCUT2D eigenvalue weighted by Crippen LogP contribution is -2.00. The third-order valence-electron chi connectivity index (χ3n) is 5.08. The summed E-state index contributed by atoms with van der Waals surface area (Å²) in [6.45, 7) is 9.51. The summed E-state index contributed by atoms with van der Waals surface area (Å²) in [7, 11) is 0. The van der Waals surface area contributed by atoms with Gasteiger partial charge in [-0.3, -0.25) is 0 Å². The van der Waals surface area contributed by atoms with E-state index in [9.17, 15) is 0 Å². The summed E-state index contributed by atoms with van der Waals surface area (Å²) in [4.78, 5) is 0. The summed E-state index contributed by atoms with van der Waals surface area (Å²) in [5, 5.41) is 4.46. The van der Waals surface area contributed by atoms with Crippen LogP contribution in [0.25, 0.3) is 21.5 Å². The quantitative estimate of drug-likeness (QED) is 0.311. The van der Waals surface area contributed by atoms with Crippen LogP contribution >= 0.6 is 0 Å². The Bertz CT molecular complexity index is 929. The predicted molar refractivity (Wildman–Crippen MR) is 121 cm³/mol. The number of ether oxygens (including phenoxy) is 2. The summed E-state index contributed by atoms with van der Waals surface area (Å²) in [6.07, 6.45) is 10.1. The lowest BCUT2D eigenvalue weighted by molar-refractivity contribution is 0.365. The van der Waals surface area contributed by atoms with Gasteiger partial charge in [-0.15, -0.1) is 0 Å². The van der Waals surface area contributed by atoms with Gasteiger partial charge in [-0.05, 0) is 49.9 Å². The molecule has 0 saturated heterocycles. The zero-order valence-corrected chi connectivity index (χ0v) is 17.4. The zero-order valence-electron chi connectivity index (χ0n) is 17.4. The highest BCUT2D eigenvalue weighted by atomic mass is 16.5. The Morgan fingerprint density at radius 3 is 1.43 bits per heavy atom. The molecule has 2 nitrogen and oxygen atoms in total. The van der Waals surface area contributed by atoms with Crippen molar-refractivity contribution >= 4 is 21.5 Å². The van der Waals surface area contributed by atoms with E-state index in [0.29, 0.717) is 13.2 Å². The van der Waals surface area contributed by atoms with Crippen LogP contribution in [0.4, 0.5) is 0 Å². The highest BCUT2D eigenvalue weighted by Gasteiger charge is 2.17. The smallest absolute Gasteiger partial charge is 0.135 e. The molecule has 146 valence electrons. The molecule has 0 saturated carbocycles. The minimum atomic E-state index is 0.561. The molecule has 3 aromatic rings. The first-order chi connectivity index (χ1) is 13.7. The van der Waals surface area contributed by atoms with Gasteiger partial charge in [0.15, 0.2) is 0 Å². The average Bonchev–Trinajstić information content (AvgIpc) is 2.74. The Balaban J connectivity index is 2.33. The number of fused-ring (bicyclic) bond motifs is 2. The molecule has 0 unspecified atom stereocenters. The van der Waals surface area contributed by atoms with Gasteiger partial charge in [-0.25, -0.2) is 0 Å². The lowest BCUT2D eigenvalue weighted by atomic mass is 9.96.